The van der Waals surface area contributed by atoms with Crippen molar-refractivity contribution in [3.8, 4) is 0 Å². The summed E-state index contributed by atoms with van der Waals surface area (Å²) in [7, 11) is 0. The van der Waals surface area contributed by atoms with Gasteiger partial charge in [0.2, 0.25) is 11.8 Å². The van der Waals surface area contributed by atoms with Gasteiger partial charge < -0.3 is 20.3 Å². The first-order chi connectivity index (χ1) is 18.0. The fraction of sp³-hybridized carbons (Fsp3) is 0.448. The first kappa shape index (κ1) is 26.4. The van der Waals surface area contributed by atoms with Crippen molar-refractivity contribution < 1.29 is 19.5 Å². The van der Waals surface area contributed by atoms with Gasteiger partial charge in [0, 0.05) is 54.9 Å². The van der Waals surface area contributed by atoms with Crippen LogP contribution in [0.5, 0.6) is 0 Å². The highest BCUT2D eigenvalue weighted by Crippen LogP contribution is 2.24. The van der Waals surface area contributed by atoms with Gasteiger partial charge in [-0.3, -0.25) is 19.4 Å². The molecule has 0 saturated heterocycles. The molecular formula is C29H36N4O4. The molecule has 3 N–H and O–H groups in total. The molecule has 2 amide bonds. The number of fused-ring (bicyclic) bond motifs is 5. The molecule has 2 bridgehead atoms. The standard InChI is InChI=1S/C29H36N4O4/c34-27(35)18-22(11-7-9-21-10-8-14-30-19-21)28(36)32-25-17-23-20-33(26-13-4-3-12-24(23)26)16-6-2-1-5-15-31-29(25)37/h3-4,8,10,12-14,19-20,22,25H,1-2,5-7,9,11,15-18H2,(H,31,37)(H,32,36)(H,34,35)/t22-,25+/m1/s1. The van der Waals surface area contributed by atoms with Gasteiger partial charge in [0.05, 0.1) is 6.42 Å². The van der Waals surface area contributed by atoms with E-state index < -0.39 is 17.9 Å². The number of carbonyl (C=O) groups is 3. The molecule has 8 heteroatoms. The van der Waals surface area contributed by atoms with Gasteiger partial charge in [0.15, 0.2) is 0 Å². The average Bonchev–Trinajstić information content (AvgIpc) is 3.24. The number of hydrogen-bond acceptors (Lipinski definition) is 4. The fourth-order valence-electron chi connectivity index (χ4n) is 5.12. The van der Waals surface area contributed by atoms with E-state index in [0.717, 1.165) is 54.3 Å². The van der Waals surface area contributed by atoms with Crippen molar-refractivity contribution in [1.29, 1.82) is 0 Å². The Kier molecular flexibility index (Phi) is 9.29. The third kappa shape index (κ3) is 7.41. The maximum atomic E-state index is 13.3. The van der Waals surface area contributed by atoms with Crippen molar-refractivity contribution >= 4 is 28.7 Å². The summed E-state index contributed by atoms with van der Waals surface area (Å²) < 4.78 is 2.24. The minimum atomic E-state index is -1.02. The molecule has 3 aromatic rings. The monoisotopic (exact) mass is 504 g/mol. The van der Waals surface area contributed by atoms with Gasteiger partial charge in [-0.2, -0.15) is 0 Å². The van der Waals surface area contributed by atoms with E-state index in [1.54, 1.807) is 12.4 Å². The van der Waals surface area contributed by atoms with E-state index in [-0.39, 0.29) is 18.2 Å². The average molecular weight is 505 g/mol. The molecule has 0 aliphatic carbocycles. The molecule has 0 saturated carbocycles. The summed E-state index contributed by atoms with van der Waals surface area (Å²) in [6, 6.07) is 11.2. The van der Waals surface area contributed by atoms with Crippen molar-refractivity contribution in [2.45, 2.75) is 70.4 Å². The Morgan fingerprint density at radius 1 is 1.14 bits per heavy atom. The second-order valence-electron chi connectivity index (χ2n) is 9.88. The third-order valence-corrected chi connectivity index (χ3v) is 7.09. The predicted molar refractivity (Wildman–Crippen MR) is 142 cm³/mol. The van der Waals surface area contributed by atoms with E-state index in [0.29, 0.717) is 32.2 Å². The van der Waals surface area contributed by atoms with Crippen LogP contribution in [0.25, 0.3) is 10.9 Å². The highest BCUT2D eigenvalue weighted by atomic mass is 16.4. The molecule has 37 heavy (non-hydrogen) atoms. The topological polar surface area (TPSA) is 113 Å². The zero-order valence-corrected chi connectivity index (χ0v) is 21.2. The summed E-state index contributed by atoms with van der Waals surface area (Å²) in [4.78, 5) is 42.2. The zero-order chi connectivity index (χ0) is 26.0. The molecule has 0 spiro atoms. The number of carbonyl (C=O) groups excluding carboxylic acids is 2. The number of para-hydroxylation sites is 1. The van der Waals surface area contributed by atoms with Gasteiger partial charge in [0.1, 0.15) is 6.04 Å². The summed E-state index contributed by atoms with van der Waals surface area (Å²) in [6.07, 6.45) is 11.5. The molecule has 1 aliphatic rings. The van der Waals surface area contributed by atoms with Crippen LogP contribution < -0.4 is 10.6 Å². The van der Waals surface area contributed by atoms with E-state index in [9.17, 15) is 19.5 Å². The molecule has 3 heterocycles. The number of nitrogens with zero attached hydrogens (tertiary/aromatic N) is 2. The normalized spacial score (nSPS) is 17.6. The summed E-state index contributed by atoms with van der Waals surface area (Å²) in [5.74, 6) is -2.35. The fourth-order valence-corrected chi connectivity index (χ4v) is 5.12. The summed E-state index contributed by atoms with van der Waals surface area (Å²) in [6.45, 7) is 1.48. The molecule has 4 rings (SSSR count). The third-order valence-electron chi connectivity index (χ3n) is 7.09. The summed E-state index contributed by atoms with van der Waals surface area (Å²) in [5, 5.41) is 16.4. The van der Waals surface area contributed by atoms with E-state index in [2.05, 4.69) is 38.5 Å². The Morgan fingerprint density at radius 2 is 1.97 bits per heavy atom. The lowest BCUT2D eigenvalue weighted by Crippen LogP contribution is -2.50. The maximum absolute atomic E-state index is 13.3. The van der Waals surface area contributed by atoms with E-state index in [1.807, 2.05) is 24.3 Å². The first-order valence-corrected chi connectivity index (χ1v) is 13.3. The molecule has 2 aromatic heterocycles. The van der Waals surface area contributed by atoms with E-state index in [4.69, 9.17) is 0 Å². The Bertz CT molecular complexity index is 1210. The Balaban J connectivity index is 1.51. The molecule has 0 unspecified atom stereocenters. The van der Waals surface area contributed by atoms with Crippen LogP contribution in [0.2, 0.25) is 0 Å². The number of hydrogen-bond donors (Lipinski definition) is 3. The number of aliphatic carboxylic acids is 1. The van der Waals surface area contributed by atoms with E-state index in [1.165, 1.54) is 0 Å². The van der Waals surface area contributed by atoms with Crippen LogP contribution in [0.4, 0.5) is 0 Å². The van der Waals surface area contributed by atoms with Gasteiger partial charge >= 0.3 is 5.97 Å². The lowest BCUT2D eigenvalue weighted by Gasteiger charge is -2.22. The van der Waals surface area contributed by atoms with Crippen molar-refractivity contribution in [3.05, 3.63) is 66.1 Å². The largest absolute Gasteiger partial charge is 0.481 e. The van der Waals surface area contributed by atoms with Crippen molar-refractivity contribution in [1.82, 2.24) is 20.2 Å². The number of aryl methyl sites for hydroxylation is 2. The quantitative estimate of drug-likeness (QED) is 0.431. The van der Waals surface area contributed by atoms with Gasteiger partial charge in [-0.25, -0.2) is 0 Å². The Morgan fingerprint density at radius 3 is 2.78 bits per heavy atom. The minimum Gasteiger partial charge on any atom is -0.481 e. The lowest BCUT2D eigenvalue weighted by atomic mass is 9.95. The molecule has 1 aliphatic heterocycles. The van der Waals surface area contributed by atoms with Crippen LogP contribution in [0, 0.1) is 5.92 Å². The molecule has 0 radical (unpaired) electrons. The summed E-state index contributed by atoms with van der Waals surface area (Å²) >= 11 is 0. The SMILES string of the molecule is O=C(O)C[C@@H](CCCc1cccnc1)C(=O)N[C@H]1Cc2cn(c3ccccc23)CCCCCCNC1=O. The number of nitrogens with one attached hydrogen (secondary N) is 2. The number of carboxylic acids is 1. The van der Waals surface area contributed by atoms with E-state index >= 15 is 0 Å². The van der Waals surface area contributed by atoms with Crippen molar-refractivity contribution in [2.75, 3.05) is 6.54 Å². The van der Waals surface area contributed by atoms with Crippen LogP contribution in [0.15, 0.2) is 55.0 Å². The number of carboxylic acid groups (broad SMARTS) is 1. The molecular weight excluding hydrogens is 468 g/mol. The second-order valence-corrected chi connectivity index (χ2v) is 9.88. The first-order valence-electron chi connectivity index (χ1n) is 13.3. The number of amides is 2. The van der Waals surface area contributed by atoms with Crippen LogP contribution in [0.1, 0.15) is 56.1 Å². The number of aromatic nitrogens is 2. The molecule has 0 fully saturated rings. The van der Waals surface area contributed by atoms with Crippen LogP contribution in [-0.4, -0.2) is 45.0 Å². The summed E-state index contributed by atoms with van der Waals surface area (Å²) in [5.41, 5.74) is 3.17. The Hall–Kier alpha value is -3.68. The van der Waals surface area contributed by atoms with Gasteiger partial charge in [-0.15, -0.1) is 0 Å². The highest BCUT2D eigenvalue weighted by molar-refractivity contribution is 5.91. The zero-order valence-electron chi connectivity index (χ0n) is 21.2. The molecule has 1 aromatic carbocycles. The highest BCUT2D eigenvalue weighted by Gasteiger charge is 2.28. The van der Waals surface area contributed by atoms with Crippen LogP contribution in [-0.2, 0) is 33.8 Å². The van der Waals surface area contributed by atoms with Gasteiger partial charge in [-0.05, 0) is 55.4 Å². The lowest BCUT2D eigenvalue weighted by molar-refractivity contribution is -0.141. The van der Waals surface area contributed by atoms with Crippen molar-refractivity contribution in [2.24, 2.45) is 5.92 Å². The smallest absolute Gasteiger partial charge is 0.304 e. The number of rotatable bonds is 8. The second kappa shape index (κ2) is 13.0. The van der Waals surface area contributed by atoms with Crippen LogP contribution in [0.3, 0.4) is 0 Å². The predicted octanol–water partition coefficient (Wildman–Crippen LogP) is 3.87. The minimum absolute atomic E-state index is 0.228. The van der Waals surface area contributed by atoms with Gasteiger partial charge in [-0.1, -0.05) is 37.1 Å². The Labute approximate surface area is 217 Å². The van der Waals surface area contributed by atoms with Gasteiger partial charge in [0.25, 0.3) is 0 Å². The molecule has 196 valence electrons. The van der Waals surface area contributed by atoms with Crippen molar-refractivity contribution in [3.63, 3.8) is 0 Å². The molecule has 2 atom stereocenters. The maximum Gasteiger partial charge on any atom is 0.304 e. The molecule has 8 nitrogen and oxygen atoms in total. The number of pyridine rings is 1. The number of benzene rings is 1. The van der Waals surface area contributed by atoms with Crippen LogP contribution >= 0.6 is 0 Å².